The molecule has 1 aliphatic rings. The van der Waals surface area contributed by atoms with Crippen molar-refractivity contribution in [3.8, 4) is 0 Å². The van der Waals surface area contributed by atoms with Gasteiger partial charge in [0.15, 0.2) is 0 Å². The molecule has 100 valence electrons. The number of aromatic nitrogens is 1. The van der Waals surface area contributed by atoms with Gasteiger partial charge in [0.25, 0.3) is 0 Å². The van der Waals surface area contributed by atoms with Gasteiger partial charge < -0.3 is 9.64 Å². The molecule has 1 fully saturated rings. The van der Waals surface area contributed by atoms with Crippen LogP contribution in [0, 0.1) is 0 Å². The highest BCUT2D eigenvalue weighted by molar-refractivity contribution is 9.10. The molecule has 1 atom stereocenters. The highest BCUT2D eigenvalue weighted by atomic mass is 79.9. The van der Waals surface area contributed by atoms with Crippen LogP contribution in [0.4, 0.5) is 5.82 Å². The first-order chi connectivity index (χ1) is 8.74. The summed E-state index contributed by atoms with van der Waals surface area (Å²) in [6.07, 6.45) is 4.19. The van der Waals surface area contributed by atoms with Gasteiger partial charge in [-0.1, -0.05) is 6.92 Å². The van der Waals surface area contributed by atoms with Crippen molar-refractivity contribution in [2.45, 2.75) is 31.7 Å². The van der Waals surface area contributed by atoms with E-state index in [1.54, 1.807) is 0 Å². The minimum Gasteiger partial charge on any atom is -0.376 e. The Bertz CT molecular complexity index is 403. The zero-order valence-corrected chi connectivity index (χ0v) is 12.9. The van der Waals surface area contributed by atoms with Crippen LogP contribution in [0.1, 0.15) is 25.3 Å². The van der Waals surface area contributed by atoms with Gasteiger partial charge in [-0.3, -0.25) is 0 Å². The number of hydrogen-bond acceptors (Lipinski definition) is 3. The van der Waals surface area contributed by atoms with E-state index in [1.165, 1.54) is 0 Å². The van der Waals surface area contributed by atoms with Crippen molar-refractivity contribution in [2.75, 3.05) is 24.6 Å². The second-order valence-electron chi connectivity index (χ2n) is 4.47. The van der Waals surface area contributed by atoms with Crippen LogP contribution in [0.3, 0.4) is 0 Å². The van der Waals surface area contributed by atoms with Crippen LogP contribution in [-0.4, -0.2) is 30.8 Å². The number of pyridine rings is 1. The van der Waals surface area contributed by atoms with Crippen LogP contribution in [-0.2, 0) is 10.6 Å². The van der Waals surface area contributed by atoms with Gasteiger partial charge in [-0.05, 0) is 34.8 Å². The summed E-state index contributed by atoms with van der Waals surface area (Å²) in [6.45, 7) is 4.87. The van der Waals surface area contributed by atoms with Gasteiger partial charge in [-0.2, -0.15) is 0 Å². The summed E-state index contributed by atoms with van der Waals surface area (Å²) in [5, 5.41) is 0. The zero-order chi connectivity index (χ0) is 13.0. The smallest absolute Gasteiger partial charge is 0.133 e. The fourth-order valence-electron chi connectivity index (χ4n) is 2.19. The number of rotatable bonds is 3. The Labute approximate surface area is 122 Å². The number of alkyl halides is 1. The maximum Gasteiger partial charge on any atom is 0.133 e. The number of ether oxygens (including phenoxy) is 1. The fourth-order valence-corrected chi connectivity index (χ4v) is 2.77. The first-order valence-electron chi connectivity index (χ1n) is 6.31. The SMILES string of the molecule is CCC1CN(c2ncc(Br)cc2CCl)CCCO1. The van der Waals surface area contributed by atoms with Crippen molar-refractivity contribution in [2.24, 2.45) is 0 Å². The normalized spacial score (nSPS) is 20.8. The first-order valence-corrected chi connectivity index (χ1v) is 7.64. The summed E-state index contributed by atoms with van der Waals surface area (Å²) < 4.78 is 6.76. The fraction of sp³-hybridized carbons (Fsp3) is 0.615. The molecule has 1 unspecified atom stereocenters. The third-order valence-corrected chi connectivity index (χ3v) is 3.88. The number of halogens is 2. The first kappa shape index (κ1) is 14.1. The second-order valence-corrected chi connectivity index (χ2v) is 5.65. The van der Waals surface area contributed by atoms with Crippen molar-refractivity contribution < 1.29 is 4.74 Å². The molecule has 0 amide bonds. The van der Waals surface area contributed by atoms with Gasteiger partial charge in [0.1, 0.15) is 5.82 Å². The Balaban J connectivity index is 2.23. The van der Waals surface area contributed by atoms with E-state index in [4.69, 9.17) is 16.3 Å². The van der Waals surface area contributed by atoms with E-state index in [-0.39, 0.29) is 0 Å². The van der Waals surface area contributed by atoms with Gasteiger partial charge in [-0.25, -0.2) is 4.98 Å². The monoisotopic (exact) mass is 332 g/mol. The summed E-state index contributed by atoms with van der Waals surface area (Å²) >= 11 is 9.45. The third-order valence-electron chi connectivity index (χ3n) is 3.16. The van der Waals surface area contributed by atoms with Gasteiger partial charge in [-0.15, -0.1) is 11.6 Å². The molecule has 0 radical (unpaired) electrons. The summed E-state index contributed by atoms with van der Waals surface area (Å²) in [6, 6.07) is 2.04. The minimum absolute atomic E-state index is 0.293. The lowest BCUT2D eigenvalue weighted by molar-refractivity contribution is 0.0664. The lowest BCUT2D eigenvalue weighted by atomic mass is 10.2. The van der Waals surface area contributed by atoms with Gasteiger partial charge >= 0.3 is 0 Å². The predicted molar refractivity (Wildman–Crippen MR) is 78.4 cm³/mol. The average molecular weight is 334 g/mol. The second kappa shape index (κ2) is 6.73. The Morgan fingerprint density at radius 3 is 3.17 bits per heavy atom. The average Bonchev–Trinajstić information content (AvgIpc) is 2.63. The maximum absolute atomic E-state index is 6.02. The van der Waals surface area contributed by atoms with Crippen LogP contribution in [0.15, 0.2) is 16.7 Å². The molecule has 2 heterocycles. The molecule has 0 saturated carbocycles. The minimum atomic E-state index is 0.293. The molecule has 18 heavy (non-hydrogen) atoms. The van der Waals surface area contributed by atoms with E-state index in [0.717, 1.165) is 48.4 Å². The molecule has 3 nitrogen and oxygen atoms in total. The molecule has 0 N–H and O–H groups in total. The molecule has 1 saturated heterocycles. The number of anilines is 1. The molecule has 1 aromatic rings. The van der Waals surface area contributed by atoms with E-state index in [0.29, 0.717) is 12.0 Å². The molecule has 1 aromatic heterocycles. The Morgan fingerprint density at radius 2 is 2.44 bits per heavy atom. The highest BCUT2D eigenvalue weighted by Crippen LogP contribution is 2.25. The zero-order valence-electron chi connectivity index (χ0n) is 10.5. The molecule has 2 rings (SSSR count). The predicted octanol–water partition coefficient (Wildman–Crippen LogP) is 3.59. The van der Waals surface area contributed by atoms with Crippen molar-refractivity contribution in [3.05, 3.63) is 22.3 Å². The van der Waals surface area contributed by atoms with Crippen molar-refractivity contribution >= 4 is 33.3 Å². The summed E-state index contributed by atoms with van der Waals surface area (Å²) in [4.78, 5) is 6.82. The van der Waals surface area contributed by atoms with E-state index in [1.807, 2.05) is 12.3 Å². The maximum atomic E-state index is 6.02. The van der Waals surface area contributed by atoms with Gasteiger partial charge in [0, 0.05) is 35.9 Å². The molecule has 0 bridgehead atoms. The van der Waals surface area contributed by atoms with E-state index >= 15 is 0 Å². The highest BCUT2D eigenvalue weighted by Gasteiger charge is 2.20. The molecule has 0 spiro atoms. The van der Waals surface area contributed by atoms with Crippen LogP contribution in [0.5, 0.6) is 0 Å². The molecular formula is C13H18BrClN2O. The molecule has 0 aliphatic carbocycles. The van der Waals surface area contributed by atoms with E-state index in [9.17, 15) is 0 Å². The van der Waals surface area contributed by atoms with Crippen molar-refractivity contribution in [1.29, 1.82) is 0 Å². The summed E-state index contributed by atoms with van der Waals surface area (Å²) in [7, 11) is 0. The molecule has 1 aliphatic heterocycles. The lowest BCUT2D eigenvalue weighted by Gasteiger charge is -2.26. The van der Waals surface area contributed by atoms with Gasteiger partial charge in [0.2, 0.25) is 0 Å². The summed E-state index contributed by atoms with van der Waals surface area (Å²) in [5.41, 5.74) is 1.07. The van der Waals surface area contributed by atoms with Crippen LogP contribution >= 0.6 is 27.5 Å². The van der Waals surface area contributed by atoms with Crippen LogP contribution < -0.4 is 4.90 Å². The van der Waals surface area contributed by atoms with Crippen molar-refractivity contribution in [3.63, 3.8) is 0 Å². The molecular weight excluding hydrogens is 316 g/mol. The third kappa shape index (κ3) is 3.37. The number of nitrogens with zero attached hydrogens (tertiary/aromatic N) is 2. The Kier molecular flexibility index (Phi) is 5.27. The van der Waals surface area contributed by atoms with Crippen molar-refractivity contribution in [1.82, 2.24) is 4.98 Å². The topological polar surface area (TPSA) is 25.4 Å². The van der Waals surface area contributed by atoms with E-state index < -0.39 is 0 Å². The quantitative estimate of drug-likeness (QED) is 0.791. The van der Waals surface area contributed by atoms with Crippen LogP contribution in [0.25, 0.3) is 0 Å². The lowest BCUT2D eigenvalue weighted by Crippen LogP contribution is -2.32. The molecule has 0 aromatic carbocycles. The largest absolute Gasteiger partial charge is 0.376 e. The van der Waals surface area contributed by atoms with E-state index in [2.05, 4.69) is 32.7 Å². The number of hydrogen-bond donors (Lipinski definition) is 0. The van der Waals surface area contributed by atoms with Gasteiger partial charge in [0.05, 0.1) is 12.0 Å². The summed E-state index contributed by atoms with van der Waals surface area (Å²) in [5.74, 6) is 1.48. The Hall–Kier alpha value is -0.320. The Morgan fingerprint density at radius 1 is 1.61 bits per heavy atom. The standard InChI is InChI=1S/C13H18BrClN2O/c1-2-12-9-17(4-3-5-18-12)13-10(7-15)6-11(14)8-16-13/h6,8,12H,2-5,7,9H2,1H3. The molecule has 5 heteroatoms. The van der Waals surface area contributed by atoms with Crippen LogP contribution in [0.2, 0.25) is 0 Å².